The van der Waals surface area contributed by atoms with E-state index in [-0.39, 0.29) is 34.8 Å². The molecule has 2 aliphatic rings. The number of carbonyl (C=O) groups is 1. The van der Waals surface area contributed by atoms with Gasteiger partial charge in [-0.15, -0.1) is 0 Å². The Morgan fingerprint density at radius 3 is 2.94 bits per heavy atom. The molecular weight excluding hydrogens is 478 g/mol. The fraction of sp³-hybridized carbons (Fsp3) is 0.348. The summed E-state index contributed by atoms with van der Waals surface area (Å²) in [6, 6.07) is 4.20. The zero-order valence-electron chi connectivity index (χ0n) is 18.9. The maximum absolute atomic E-state index is 14.9. The maximum atomic E-state index is 14.9. The molecule has 3 N–H and O–H groups in total. The topological polar surface area (TPSA) is 129 Å². The number of hydrogen-bond acceptors (Lipinski definition) is 9. The lowest BCUT2D eigenvalue weighted by Crippen LogP contribution is -2.36. The third kappa shape index (κ3) is 4.22. The minimum absolute atomic E-state index is 0.0694. The van der Waals surface area contributed by atoms with Gasteiger partial charge in [0.25, 0.3) is 5.91 Å². The van der Waals surface area contributed by atoms with Gasteiger partial charge in [-0.25, -0.2) is 23.7 Å². The first-order valence-electron chi connectivity index (χ1n) is 10.8. The molecule has 9 nitrogen and oxygen atoms in total. The number of anilines is 1. The molecule has 3 aromatic rings. The Labute approximate surface area is 203 Å². The summed E-state index contributed by atoms with van der Waals surface area (Å²) in [5.41, 5.74) is 5.95. The number of ether oxygens (including phenoxy) is 1. The number of aliphatic imine (C=N–C) groups is 1. The smallest absolute Gasteiger partial charge is 0.276 e. The van der Waals surface area contributed by atoms with Gasteiger partial charge in [0, 0.05) is 17.2 Å². The number of carbonyl (C=O) groups excluding carboxylic acids is 1. The second kappa shape index (κ2) is 8.59. The number of alkyl halides is 1. The number of amidine groups is 1. The number of amides is 1. The van der Waals surface area contributed by atoms with Crippen LogP contribution in [0.25, 0.3) is 0 Å². The molecule has 0 radical (unpaired) electrons. The number of benzene rings is 1. The van der Waals surface area contributed by atoms with Crippen LogP contribution in [0.3, 0.4) is 0 Å². The van der Waals surface area contributed by atoms with Crippen molar-refractivity contribution < 1.29 is 22.7 Å². The molecule has 35 heavy (non-hydrogen) atoms. The van der Waals surface area contributed by atoms with Gasteiger partial charge in [0.1, 0.15) is 24.4 Å². The maximum Gasteiger partial charge on any atom is 0.276 e. The molecular formula is C23H22F2N6O3S. The minimum atomic E-state index is -1.04. The van der Waals surface area contributed by atoms with Crippen LogP contribution in [-0.2, 0) is 12.1 Å². The summed E-state index contributed by atoms with van der Waals surface area (Å²) in [6.07, 6.45) is 4.80. The Morgan fingerprint density at radius 1 is 1.40 bits per heavy atom. The normalized spacial score (nSPS) is 24.9. The van der Waals surface area contributed by atoms with Crippen LogP contribution in [0.5, 0.6) is 5.88 Å². The lowest BCUT2D eigenvalue weighted by molar-refractivity contribution is 0.102. The lowest BCUT2D eigenvalue weighted by atomic mass is 9.85. The summed E-state index contributed by atoms with van der Waals surface area (Å²) in [5, 5.41) is 2.95. The van der Waals surface area contributed by atoms with Crippen molar-refractivity contribution in [3.05, 3.63) is 65.5 Å². The molecule has 12 heteroatoms. The van der Waals surface area contributed by atoms with E-state index >= 15 is 0 Å². The zero-order valence-corrected chi connectivity index (χ0v) is 19.7. The summed E-state index contributed by atoms with van der Waals surface area (Å²) in [7, 11) is 0. The van der Waals surface area contributed by atoms with Crippen molar-refractivity contribution in [2.24, 2.45) is 16.6 Å². The first-order valence-corrected chi connectivity index (χ1v) is 11.6. The largest absolute Gasteiger partial charge is 0.467 e. The Balaban J connectivity index is 1.34. The molecule has 1 saturated carbocycles. The molecule has 1 fully saturated rings. The lowest BCUT2D eigenvalue weighted by Gasteiger charge is -2.33. The van der Waals surface area contributed by atoms with E-state index < -0.39 is 28.7 Å². The third-order valence-corrected chi connectivity index (χ3v) is 7.58. The van der Waals surface area contributed by atoms with Crippen LogP contribution in [0, 0.1) is 18.7 Å². The van der Waals surface area contributed by atoms with Crippen molar-refractivity contribution in [2.75, 3.05) is 12.0 Å². The SMILES string of the molecule is Cc1nc(OCc2ncco2)cnc1C(=O)Nc1ccc(F)c([C@@]2(C)N=C(N)S[C@@]3(CF)C[C@H]32)c1. The van der Waals surface area contributed by atoms with Crippen LogP contribution in [0.2, 0.25) is 0 Å². The average molecular weight is 501 g/mol. The Kier molecular flexibility index (Phi) is 5.70. The highest BCUT2D eigenvalue weighted by molar-refractivity contribution is 8.15. The Morgan fingerprint density at radius 2 is 2.23 bits per heavy atom. The summed E-state index contributed by atoms with van der Waals surface area (Å²) in [4.78, 5) is 29.7. The number of nitrogens with one attached hydrogen (secondary N) is 1. The van der Waals surface area contributed by atoms with Gasteiger partial charge in [-0.1, -0.05) is 11.8 Å². The quantitative estimate of drug-likeness (QED) is 0.502. The standard InChI is InChI=1S/C23H22F2N6O3S/c1-12-19(28-9-17(29-12)34-10-18-27-5-6-33-18)20(32)30-13-3-4-15(25)14(7-13)22(2)16-8-23(16,11-24)35-21(26)31-22/h3-7,9,16H,8,10-11H2,1-2H3,(H2,26,31)(H,30,32)/t16-,22+,23+/m0/s1. The highest BCUT2D eigenvalue weighted by atomic mass is 32.2. The predicted molar refractivity (Wildman–Crippen MR) is 125 cm³/mol. The Hall–Kier alpha value is -3.54. The van der Waals surface area contributed by atoms with Crippen LogP contribution in [0.15, 0.2) is 46.3 Å². The fourth-order valence-electron chi connectivity index (χ4n) is 4.47. The minimum Gasteiger partial charge on any atom is -0.467 e. The molecule has 0 unspecified atom stereocenters. The van der Waals surface area contributed by atoms with E-state index in [9.17, 15) is 13.6 Å². The monoisotopic (exact) mass is 500 g/mol. The Bertz CT molecular complexity index is 1320. The second-order valence-electron chi connectivity index (χ2n) is 8.66. The zero-order chi connectivity index (χ0) is 24.8. The van der Waals surface area contributed by atoms with Gasteiger partial charge in [0.15, 0.2) is 11.8 Å². The number of oxazole rings is 1. The molecule has 3 heterocycles. The number of nitrogens with zero attached hydrogens (tertiary/aromatic N) is 4. The number of halogens is 2. The number of thioether (sulfide) groups is 1. The van der Waals surface area contributed by atoms with E-state index in [4.69, 9.17) is 14.9 Å². The van der Waals surface area contributed by atoms with Gasteiger partial charge in [-0.3, -0.25) is 9.79 Å². The van der Waals surface area contributed by atoms with E-state index in [1.54, 1.807) is 13.8 Å². The number of nitrogens with two attached hydrogens (primary N) is 1. The van der Waals surface area contributed by atoms with Crippen molar-refractivity contribution in [1.29, 1.82) is 0 Å². The number of rotatable bonds is 7. The van der Waals surface area contributed by atoms with Crippen LogP contribution >= 0.6 is 11.8 Å². The van der Waals surface area contributed by atoms with Crippen molar-refractivity contribution in [3.63, 3.8) is 0 Å². The number of fused-ring (bicyclic) bond motifs is 1. The van der Waals surface area contributed by atoms with E-state index in [0.29, 0.717) is 23.7 Å². The molecule has 1 aliphatic carbocycles. The van der Waals surface area contributed by atoms with Gasteiger partial charge < -0.3 is 20.2 Å². The van der Waals surface area contributed by atoms with Gasteiger partial charge in [-0.05, 0) is 38.5 Å². The first-order chi connectivity index (χ1) is 16.7. The van der Waals surface area contributed by atoms with Crippen LogP contribution in [0.1, 0.15) is 41.0 Å². The van der Waals surface area contributed by atoms with Crippen LogP contribution in [0.4, 0.5) is 14.5 Å². The molecule has 3 atom stereocenters. The van der Waals surface area contributed by atoms with E-state index in [2.05, 4.69) is 25.3 Å². The summed E-state index contributed by atoms with van der Waals surface area (Å²) < 4.78 is 38.6. The van der Waals surface area contributed by atoms with Crippen molar-refractivity contribution in [2.45, 2.75) is 37.2 Å². The number of aromatic nitrogens is 3. The van der Waals surface area contributed by atoms with Crippen molar-refractivity contribution in [3.8, 4) is 5.88 Å². The van der Waals surface area contributed by atoms with Gasteiger partial charge in [0.05, 0.1) is 28.4 Å². The fourth-order valence-corrected chi connectivity index (χ4v) is 5.79. The number of hydrogen-bond donors (Lipinski definition) is 2. The van der Waals surface area contributed by atoms with Gasteiger partial charge in [0.2, 0.25) is 11.8 Å². The third-order valence-electron chi connectivity index (χ3n) is 6.32. The summed E-state index contributed by atoms with van der Waals surface area (Å²) in [6.45, 7) is 2.87. The van der Waals surface area contributed by atoms with E-state index in [0.717, 1.165) is 0 Å². The molecule has 1 amide bonds. The molecule has 0 bridgehead atoms. The van der Waals surface area contributed by atoms with Crippen molar-refractivity contribution in [1.82, 2.24) is 15.0 Å². The van der Waals surface area contributed by atoms with Gasteiger partial charge >= 0.3 is 0 Å². The molecule has 0 saturated heterocycles. The summed E-state index contributed by atoms with van der Waals surface area (Å²) >= 11 is 1.21. The first kappa shape index (κ1) is 23.2. The van der Waals surface area contributed by atoms with Crippen LogP contribution < -0.4 is 15.8 Å². The highest BCUT2D eigenvalue weighted by Gasteiger charge is 2.66. The number of aryl methyl sites for hydroxylation is 1. The molecule has 5 rings (SSSR count). The second-order valence-corrected chi connectivity index (χ2v) is 10.1. The molecule has 1 aliphatic heterocycles. The molecule has 182 valence electrons. The average Bonchev–Trinajstić information content (AvgIpc) is 3.33. The highest BCUT2D eigenvalue weighted by Crippen LogP contribution is 2.66. The van der Waals surface area contributed by atoms with Gasteiger partial charge in [-0.2, -0.15) is 0 Å². The van der Waals surface area contributed by atoms with Crippen molar-refractivity contribution >= 4 is 28.5 Å². The van der Waals surface area contributed by atoms with Crippen LogP contribution in [-0.4, -0.2) is 37.4 Å². The molecule has 1 aromatic carbocycles. The van der Waals surface area contributed by atoms with E-state index in [1.807, 2.05) is 0 Å². The summed E-state index contributed by atoms with van der Waals surface area (Å²) in [5.74, 6) is -0.638. The molecule has 0 spiro atoms. The predicted octanol–water partition coefficient (Wildman–Crippen LogP) is 3.75. The van der Waals surface area contributed by atoms with E-state index in [1.165, 1.54) is 48.6 Å². The molecule has 2 aromatic heterocycles.